The van der Waals surface area contributed by atoms with Crippen molar-refractivity contribution in [1.29, 1.82) is 0 Å². The number of halogens is 3. The largest absolute Gasteiger partial charge is 0.321 e. The van der Waals surface area contributed by atoms with E-state index in [1.165, 1.54) is 30.3 Å². The van der Waals surface area contributed by atoms with Crippen LogP contribution in [0.3, 0.4) is 0 Å². The van der Waals surface area contributed by atoms with E-state index in [1.54, 1.807) is 13.0 Å². The first-order valence-electron chi connectivity index (χ1n) is 6.41. The van der Waals surface area contributed by atoms with Crippen molar-refractivity contribution in [3.8, 4) is 0 Å². The molecule has 22 heavy (non-hydrogen) atoms. The van der Waals surface area contributed by atoms with Crippen LogP contribution in [0.4, 0.5) is 14.5 Å². The Morgan fingerprint density at radius 1 is 1.14 bits per heavy atom. The van der Waals surface area contributed by atoms with Crippen molar-refractivity contribution in [3.63, 3.8) is 0 Å². The van der Waals surface area contributed by atoms with Crippen LogP contribution in [-0.4, -0.2) is 5.91 Å². The third kappa shape index (κ3) is 2.69. The summed E-state index contributed by atoms with van der Waals surface area (Å²) in [6, 6.07) is 8.27. The summed E-state index contributed by atoms with van der Waals surface area (Å²) in [5, 5.41) is 3.62. The number of carbonyl (C=O) groups excluding carboxylic acids is 1. The Labute approximate surface area is 134 Å². The van der Waals surface area contributed by atoms with Gasteiger partial charge < -0.3 is 5.32 Å². The molecule has 0 aliphatic rings. The average molecular weight is 338 g/mol. The zero-order chi connectivity index (χ0) is 15.9. The molecular weight excluding hydrogens is 328 g/mol. The molecule has 1 aromatic heterocycles. The van der Waals surface area contributed by atoms with Crippen LogP contribution >= 0.6 is 22.9 Å². The molecule has 0 fully saturated rings. The molecule has 0 unspecified atom stereocenters. The number of hydrogen-bond acceptors (Lipinski definition) is 2. The van der Waals surface area contributed by atoms with Gasteiger partial charge in [-0.2, -0.15) is 0 Å². The smallest absolute Gasteiger partial charge is 0.267 e. The van der Waals surface area contributed by atoms with Gasteiger partial charge in [-0.15, -0.1) is 11.3 Å². The number of amides is 1. The highest BCUT2D eigenvalue weighted by atomic mass is 35.5. The quantitative estimate of drug-likeness (QED) is 0.667. The standard InChI is InChI=1S/C16H10ClF2NOS/c1-8-6-9(18)3-5-12(8)20-16(21)15-14(17)11-4-2-10(19)7-13(11)22-15/h2-7H,1H3,(H,20,21). The van der Waals surface area contributed by atoms with E-state index < -0.39 is 5.91 Å². The van der Waals surface area contributed by atoms with Gasteiger partial charge in [0.05, 0.1) is 5.02 Å². The normalized spacial score (nSPS) is 10.9. The van der Waals surface area contributed by atoms with E-state index in [4.69, 9.17) is 11.6 Å². The Kier molecular flexibility index (Phi) is 3.85. The maximum atomic E-state index is 13.2. The van der Waals surface area contributed by atoms with Crippen LogP contribution in [0.2, 0.25) is 5.02 Å². The molecule has 0 aliphatic carbocycles. The van der Waals surface area contributed by atoms with Gasteiger partial charge in [0.25, 0.3) is 5.91 Å². The molecule has 2 aromatic carbocycles. The monoisotopic (exact) mass is 337 g/mol. The number of benzene rings is 2. The van der Waals surface area contributed by atoms with E-state index in [1.807, 2.05) is 0 Å². The number of carbonyl (C=O) groups is 1. The number of anilines is 1. The fourth-order valence-electron chi connectivity index (χ4n) is 2.13. The number of rotatable bonds is 2. The average Bonchev–Trinajstić information content (AvgIpc) is 2.78. The van der Waals surface area contributed by atoms with Crippen molar-refractivity contribution < 1.29 is 13.6 Å². The molecule has 0 saturated heterocycles. The van der Waals surface area contributed by atoms with Crippen LogP contribution in [0.15, 0.2) is 36.4 Å². The van der Waals surface area contributed by atoms with Crippen molar-refractivity contribution in [2.45, 2.75) is 6.92 Å². The summed E-state index contributed by atoms with van der Waals surface area (Å²) in [5.41, 5.74) is 1.11. The summed E-state index contributed by atoms with van der Waals surface area (Å²) < 4.78 is 26.9. The summed E-state index contributed by atoms with van der Waals surface area (Å²) in [7, 11) is 0. The predicted octanol–water partition coefficient (Wildman–Crippen LogP) is 5.39. The minimum atomic E-state index is -0.402. The van der Waals surface area contributed by atoms with Gasteiger partial charge in [0.2, 0.25) is 0 Å². The van der Waals surface area contributed by atoms with E-state index in [0.29, 0.717) is 26.2 Å². The lowest BCUT2D eigenvalue weighted by molar-refractivity contribution is 0.103. The van der Waals surface area contributed by atoms with Crippen molar-refractivity contribution in [2.75, 3.05) is 5.32 Å². The van der Waals surface area contributed by atoms with Crippen LogP contribution in [0.1, 0.15) is 15.2 Å². The highest BCUT2D eigenvalue weighted by Crippen LogP contribution is 2.36. The molecule has 1 amide bonds. The molecular formula is C16H10ClF2NOS. The topological polar surface area (TPSA) is 29.1 Å². The fourth-order valence-corrected chi connectivity index (χ4v) is 3.57. The van der Waals surface area contributed by atoms with Gasteiger partial charge in [-0.3, -0.25) is 4.79 Å². The van der Waals surface area contributed by atoms with Gasteiger partial charge in [-0.1, -0.05) is 11.6 Å². The van der Waals surface area contributed by atoms with E-state index >= 15 is 0 Å². The molecule has 0 atom stereocenters. The SMILES string of the molecule is Cc1cc(F)ccc1NC(=O)c1sc2cc(F)ccc2c1Cl. The Morgan fingerprint density at radius 2 is 1.82 bits per heavy atom. The lowest BCUT2D eigenvalue weighted by Gasteiger charge is -2.07. The Morgan fingerprint density at radius 3 is 2.55 bits per heavy atom. The van der Waals surface area contributed by atoms with Crippen LogP contribution in [0.5, 0.6) is 0 Å². The van der Waals surface area contributed by atoms with Gasteiger partial charge >= 0.3 is 0 Å². The minimum Gasteiger partial charge on any atom is -0.321 e. The predicted molar refractivity (Wildman–Crippen MR) is 85.9 cm³/mol. The zero-order valence-corrected chi connectivity index (χ0v) is 13.0. The second-order valence-corrected chi connectivity index (χ2v) is 6.23. The Hall–Kier alpha value is -1.98. The molecule has 0 radical (unpaired) electrons. The summed E-state index contributed by atoms with van der Waals surface area (Å²) in [4.78, 5) is 12.7. The number of nitrogens with one attached hydrogen (secondary N) is 1. The first-order valence-corrected chi connectivity index (χ1v) is 7.60. The summed E-state index contributed by atoms with van der Waals surface area (Å²) in [6.45, 7) is 1.70. The third-order valence-corrected chi connectivity index (χ3v) is 4.89. The molecule has 1 N–H and O–H groups in total. The first kappa shape index (κ1) is 14.9. The van der Waals surface area contributed by atoms with Crippen molar-refractivity contribution in [2.24, 2.45) is 0 Å². The van der Waals surface area contributed by atoms with Crippen LogP contribution < -0.4 is 5.32 Å². The number of aryl methyl sites for hydroxylation is 1. The molecule has 1 heterocycles. The van der Waals surface area contributed by atoms with Gasteiger partial charge in [-0.05, 0) is 48.9 Å². The van der Waals surface area contributed by atoms with E-state index in [2.05, 4.69) is 5.32 Å². The summed E-state index contributed by atoms with van der Waals surface area (Å²) in [6.07, 6.45) is 0. The fraction of sp³-hybridized carbons (Fsp3) is 0.0625. The second kappa shape index (κ2) is 5.66. The minimum absolute atomic E-state index is 0.289. The molecule has 3 rings (SSSR count). The maximum Gasteiger partial charge on any atom is 0.267 e. The van der Waals surface area contributed by atoms with Crippen molar-refractivity contribution >= 4 is 44.6 Å². The van der Waals surface area contributed by atoms with Crippen molar-refractivity contribution in [3.05, 3.63) is 63.5 Å². The molecule has 0 saturated carbocycles. The Bertz CT molecular complexity index is 891. The number of fused-ring (bicyclic) bond motifs is 1. The van der Waals surface area contributed by atoms with Gasteiger partial charge in [-0.25, -0.2) is 8.78 Å². The molecule has 0 spiro atoms. The van der Waals surface area contributed by atoms with Gasteiger partial charge in [0.15, 0.2) is 0 Å². The molecule has 2 nitrogen and oxygen atoms in total. The van der Waals surface area contributed by atoms with Crippen LogP contribution in [0.25, 0.3) is 10.1 Å². The van der Waals surface area contributed by atoms with E-state index in [9.17, 15) is 13.6 Å². The molecule has 6 heteroatoms. The summed E-state index contributed by atoms with van der Waals surface area (Å²) >= 11 is 7.32. The van der Waals surface area contributed by atoms with Gasteiger partial charge in [0.1, 0.15) is 16.5 Å². The lowest BCUT2D eigenvalue weighted by Crippen LogP contribution is -2.11. The van der Waals surface area contributed by atoms with E-state index in [0.717, 1.165) is 11.3 Å². The van der Waals surface area contributed by atoms with E-state index in [-0.39, 0.29) is 16.7 Å². The molecule has 0 bridgehead atoms. The number of hydrogen-bond donors (Lipinski definition) is 1. The lowest BCUT2D eigenvalue weighted by atomic mass is 10.2. The maximum absolute atomic E-state index is 13.2. The van der Waals surface area contributed by atoms with Crippen LogP contribution in [-0.2, 0) is 0 Å². The van der Waals surface area contributed by atoms with Crippen molar-refractivity contribution in [1.82, 2.24) is 0 Å². The molecule has 112 valence electrons. The summed E-state index contributed by atoms with van der Waals surface area (Å²) in [5.74, 6) is -1.15. The number of thiophene rings is 1. The van der Waals surface area contributed by atoms with Gasteiger partial charge in [0, 0.05) is 15.8 Å². The highest BCUT2D eigenvalue weighted by molar-refractivity contribution is 7.21. The zero-order valence-electron chi connectivity index (χ0n) is 11.4. The third-order valence-electron chi connectivity index (χ3n) is 3.23. The Balaban J connectivity index is 1.97. The first-order chi connectivity index (χ1) is 10.5. The molecule has 3 aromatic rings. The molecule has 0 aliphatic heterocycles. The highest BCUT2D eigenvalue weighted by Gasteiger charge is 2.18. The second-order valence-electron chi connectivity index (χ2n) is 4.80. The van der Waals surface area contributed by atoms with Crippen LogP contribution in [0, 0.1) is 18.6 Å².